The normalized spacial score (nSPS) is 20.8. The molecular weight excluding hydrogens is 238 g/mol. The van der Waals surface area contributed by atoms with Crippen molar-refractivity contribution in [1.29, 1.82) is 0 Å². The van der Waals surface area contributed by atoms with E-state index in [1.54, 1.807) is 7.11 Å². The molecular formula is C11H19N3O4. The van der Waals surface area contributed by atoms with Crippen LogP contribution in [0.25, 0.3) is 0 Å². The van der Waals surface area contributed by atoms with Crippen LogP contribution in [-0.4, -0.2) is 42.1 Å². The molecule has 1 aliphatic rings. The third-order valence-electron chi connectivity index (χ3n) is 3.27. The zero-order chi connectivity index (χ0) is 13.0. The number of ether oxygens (including phenoxy) is 2. The maximum Gasteiger partial charge on any atom is 0.255 e. The predicted octanol–water partition coefficient (Wildman–Crippen LogP) is 0.104. The summed E-state index contributed by atoms with van der Waals surface area (Å²) in [5.74, 6) is 0.665. The molecule has 1 aromatic heterocycles. The van der Waals surface area contributed by atoms with E-state index in [1.165, 1.54) is 0 Å². The van der Waals surface area contributed by atoms with E-state index in [0.717, 1.165) is 0 Å². The van der Waals surface area contributed by atoms with Gasteiger partial charge < -0.3 is 24.8 Å². The van der Waals surface area contributed by atoms with E-state index in [9.17, 15) is 5.11 Å². The second kappa shape index (κ2) is 5.75. The summed E-state index contributed by atoms with van der Waals surface area (Å²) < 4.78 is 15.9. The number of aliphatic hydroxyl groups is 1. The fourth-order valence-corrected chi connectivity index (χ4v) is 2.06. The molecule has 1 aromatic rings. The first-order chi connectivity index (χ1) is 8.72. The van der Waals surface area contributed by atoms with Crippen LogP contribution in [0, 0.1) is 0 Å². The summed E-state index contributed by atoms with van der Waals surface area (Å²) >= 11 is 0. The lowest BCUT2D eigenvalue weighted by molar-refractivity contribution is -0.101. The maximum atomic E-state index is 9.75. The number of hydrogen-bond donors (Lipinski definition) is 2. The van der Waals surface area contributed by atoms with Gasteiger partial charge in [-0.1, -0.05) is 5.16 Å². The number of nitrogens with two attached hydrogens (primary N) is 1. The fourth-order valence-electron chi connectivity index (χ4n) is 2.06. The molecule has 0 radical (unpaired) electrons. The highest BCUT2D eigenvalue weighted by atomic mass is 16.5. The predicted molar refractivity (Wildman–Crippen MR) is 61.7 cm³/mol. The van der Waals surface area contributed by atoms with Crippen LogP contribution >= 0.6 is 0 Å². The Hall–Kier alpha value is -1.02. The minimum Gasteiger partial charge on any atom is -0.383 e. The van der Waals surface area contributed by atoms with Gasteiger partial charge in [0.1, 0.15) is 11.7 Å². The van der Waals surface area contributed by atoms with Crippen LogP contribution in [0.2, 0.25) is 0 Å². The first-order valence-electron chi connectivity index (χ1n) is 6.07. The zero-order valence-corrected chi connectivity index (χ0v) is 10.5. The van der Waals surface area contributed by atoms with Gasteiger partial charge in [0.05, 0.1) is 0 Å². The van der Waals surface area contributed by atoms with Crippen molar-refractivity contribution in [3.63, 3.8) is 0 Å². The van der Waals surface area contributed by atoms with Gasteiger partial charge in [-0.25, -0.2) is 0 Å². The Morgan fingerprint density at radius 3 is 2.83 bits per heavy atom. The van der Waals surface area contributed by atoms with Crippen molar-refractivity contribution in [3.8, 4) is 0 Å². The lowest BCUT2D eigenvalue weighted by Crippen LogP contribution is -2.36. The van der Waals surface area contributed by atoms with Gasteiger partial charge in [-0.05, 0) is 13.0 Å². The fraction of sp³-hybridized carbons (Fsp3) is 0.818. The van der Waals surface area contributed by atoms with E-state index in [-0.39, 0.29) is 5.89 Å². The highest BCUT2D eigenvalue weighted by Crippen LogP contribution is 2.34. The SMILES string of the molecule is COC1(c2noc(C(O)CCN)n2)CCOCC1. The highest BCUT2D eigenvalue weighted by molar-refractivity contribution is 5.04. The number of hydrogen-bond acceptors (Lipinski definition) is 7. The van der Waals surface area contributed by atoms with Gasteiger partial charge >= 0.3 is 0 Å². The van der Waals surface area contributed by atoms with Crippen molar-refractivity contribution in [2.75, 3.05) is 26.9 Å². The molecule has 18 heavy (non-hydrogen) atoms. The standard InChI is InChI=1S/C11H19N3O4/c1-16-11(3-6-17-7-4-11)10-13-9(18-14-10)8(15)2-5-12/h8,15H,2-7,12H2,1H3. The van der Waals surface area contributed by atoms with E-state index >= 15 is 0 Å². The van der Waals surface area contributed by atoms with Crippen LogP contribution in [0.15, 0.2) is 4.52 Å². The van der Waals surface area contributed by atoms with Crippen LogP contribution in [0.1, 0.15) is 37.1 Å². The van der Waals surface area contributed by atoms with Gasteiger partial charge in [-0.2, -0.15) is 4.98 Å². The van der Waals surface area contributed by atoms with Crippen molar-refractivity contribution in [2.24, 2.45) is 5.73 Å². The quantitative estimate of drug-likeness (QED) is 0.771. The monoisotopic (exact) mass is 257 g/mol. The molecule has 0 aliphatic carbocycles. The molecule has 7 heteroatoms. The Morgan fingerprint density at radius 2 is 2.22 bits per heavy atom. The molecule has 0 amide bonds. The van der Waals surface area contributed by atoms with Crippen molar-refractivity contribution < 1.29 is 19.1 Å². The van der Waals surface area contributed by atoms with E-state index in [0.29, 0.717) is 44.8 Å². The van der Waals surface area contributed by atoms with Gasteiger partial charge in [0, 0.05) is 33.2 Å². The largest absolute Gasteiger partial charge is 0.383 e. The molecule has 0 aromatic carbocycles. The van der Waals surface area contributed by atoms with Gasteiger partial charge in [-0.15, -0.1) is 0 Å². The van der Waals surface area contributed by atoms with Crippen molar-refractivity contribution >= 4 is 0 Å². The molecule has 0 saturated carbocycles. The Bertz CT molecular complexity index is 376. The number of methoxy groups -OCH3 is 1. The van der Waals surface area contributed by atoms with Crippen LogP contribution < -0.4 is 5.73 Å². The number of nitrogens with zero attached hydrogens (tertiary/aromatic N) is 2. The van der Waals surface area contributed by atoms with Crippen LogP contribution in [0.4, 0.5) is 0 Å². The van der Waals surface area contributed by atoms with Gasteiger partial charge in [0.15, 0.2) is 0 Å². The van der Waals surface area contributed by atoms with Crippen LogP contribution in [-0.2, 0) is 15.1 Å². The van der Waals surface area contributed by atoms with Crippen molar-refractivity contribution in [3.05, 3.63) is 11.7 Å². The average Bonchev–Trinajstić information content (AvgIpc) is 2.90. The van der Waals surface area contributed by atoms with Gasteiger partial charge in [0.25, 0.3) is 5.89 Å². The Balaban J connectivity index is 2.16. The molecule has 7 nitrogen and oxygen atoms in total. The second-order valence-electron chi connectivity index (χ2n) is 4.36. The molecule has 3 N–H and O–H groups in total. The summed E-state index contributed by atoms with van der Waals surface area (Å²) in [5, 5.41) is 13.7. The van der Waals surface area contributed by atoms with Gasteiger partial charge in [0.2, 0.25) is 5.82 Å². The molecule has 2 rings (SSSR count). The third-order valence-corrected chi connectivity index (χ3v) is 3.27. The number of aliphatic hydroxyl groups excluding tert-OH is 1. The smallest absolute Gasteiger partial charge is 0.255 e. The molecule has 1 saturated heterocycles. The lowest BCUT2D eigenvalue weighted by atomic mass is 9.93. The van der Waals surface area contributed by atoms with E-state index < -0.39 is 11.7 Å². The number of rotatable bonds is 5. The number of aromatic nitrogens is 2. The maximum absolute atomic E-state index is 9.75. The van der Waals surface area contributed by atoms with E-state index in [2.05, 4.69) is 10.1 Å². The molecule has 2 heterocycles. The summed E-state index contributed by atoms with van der Waals surface area (Å²) in [6.07, 6.45) is 0.931. The van der Waals surface area contributed by atoms with Crippen LogP contribution in [0.3, 0.4) is 0 Å². The minimum atomic E-state index is -0.815. The summed E-state index contributed by atoms with van der Waals surface area (Å²) in [7, 11) is 1.62. The third kappa shape index (κ3) is 2.54. The van der Waals surface area contributed by atoms with Crippen molar-refractivity contribution in [2.45, 2.75) is 31.0 Å². The average molecular weight is 257 g/mol. The molecule has 1 aliphatic heterocycles. The second-order valence-corrected chi connectivity index (χ2v) is 4.36. The summed E-state index contributed by atoms with van der Waals surface area (Å²) in [4.78, 5) is 4.23. The summed E-state index contributed by atoms with van der Waals surface area (Å²) in [5.41, 5.74) is 4.81. The van der Waals surface area contributed by atoms with E-state index in [1.807, 2.05) is 0 Å². The van der Waals surface area contributed by atoms with E-state index in [4.69, 9.17) is 19.7 Å². The Labute approximate surface area is 105 Å². The minimum absolute atomic E-state index is 0.193. The summed E-state index contributed by atoms with van der Waals surface area (Å²) in [6.45, 7) is 1.56. The topological polar surface area (TPSA) is 104 Å². The van der Waals surface area contributed by atoms with Crippen molar-refractivity contribution in [1.82, 2.24) is 10.1 Å². The summed E-state index contributed by atoms with van der Waals surface area (Å²) in [6, 6.07) is 0. The van der Waals surface area contributed by atoms with Gasteiger partial charge in [-0.3, -0.25) is 0 Å². The van der Waals surface area contributed by atoms with Crippen LogP contribution in [0.5, 0.6) is 0 Å². The zero-order valence-electron chi connectivity index (χ0n) is 10.5. The molecule has 1 unspecified atom stereocenters. The highest BCUT2D eigenvalue weighted by Gasteiger charge is 2.39. The lowest BCUT2D eigenvalue weighted by Gasteiger charge is -2.32. The first kappa shape index (κ1) is 13.4. The molecule has 0 spiro atoms. The molecule has 0 bridgehead atoms. The Morgan fingerprint density at radius 1 is 1.50 bits per heavy atom. The molecule has 102 valence electrons. The molecule has 1 fully saturated rings. The Kier molecular flexibility index (Phi) is 4.28. The molecule has 1 atom stereocenters. The first-order valence-corrected chi connectivity index (χ1v) is 6.07.